The van der Waals surface area contributed by atoms with Crippen molar-refractivity contribution >= 4 is 41.6 Å². The van der Waals surface area contributed by atoms with Gasteiger partial charge in [0.25, 0.3) is 15.0 Å². The van der Waals surface area contributed by atoms with Crippen LogP contribution in [0.4, 0.5) is 0 Å². The molecule has 0 saturated carbocycles. The maximum atomic E-state index is 11.7. The van der Waals surface area contributed by atoms with Gasteiger partial charge in [-0.2, -0.15) is 0 Å². The quantitative estimate of drug-likeness (QED) is 0.836. The fourth-order valence-electron chi connectivity index (χ4n) is 1.03. The molecule has 0 fully saturated rings. The van der Waals surface area contributed by atoms with Crippen LogP contribution in [0, 0.1) is 0 Å². The Labute approximate surface area is 112 Å². The monoisotopic (exact) mass is 343 g/mol. The lowest BCUT2D eigenvalue weighted by Crippen LogP contribution is -2.40. The van der Waals surface area contributed by atoms with E-state index in [9.17, 15) is 13.2 Å². The van der Waals surface area contributed by atoms with Gasteiger partial charge in [-0.25, -0.2) is 8.42 Å². The largest absolute Gasteiger partial charge is 0.443 e. The van der Waals surface area contributed by atoms with Crippen LogP contribution in [0.25, 0.3) is 0 Å². The van der Waals surface area contributed by atoms with E-state index in [0.717, 1.165) is 6.07 Å². The molecule has 0 saturated heterocycles. The second-order valence-electron chi connectivity index (χ2n) is 4.39. The zero-order chi connectivity index (χ0) is 13.4. The van der Waals surface area contributed by atoms with Crippen LogP contribution in [0.15, 0.2) is 20.0 Å². The van der Waals surface area contributed by atoms with Crippen molar-refractivity contribution in [3.63, 3.8) is 0 Å². The SMILES string of the molecule is CC(C)(C)NC(=O)c1cc(S(=O)(=O)Cl)c(Br)o1. The highest BCUT2D eigenvalue weighted by Crippen LogP contribution is 2.28. The highest BCUT2D eigenvalue weighted by molar-refractivity contribution is 9.10. The van der Waals surface area contributed by atoms with Gasteiger partial charge in [0.2, 0.25) is 0 Å². The third-order valence-electron chi connectivity index (χ3n) is 1.63. The van der Waals surface area contributed by atoms with E-state index in [1.54, 1.807) is 20.8 Å². The van der Waals surface area contributed by atoms with Crippen LogP contribution in [-0.2, 0) is 9.05 Å². The minimum atomic E-state index is -3.94. The van der Waals surface area contributed by atoms with E-state index in [-0.39, 0.29) is 15.3 Å². The van der Waals surface area contributed by atoms with Crippen molar-refractivity contribution in [2.24, 2.45) is 0 Å². The molecule has 0 radical (unpaired) electrons. The summed E-state index contributed by atoms with van der Waals surface area (Å²) in [6.45, 7) is 5.38. The smallest absolute Gasteiger partial charge is 0.287 e. The molecular formula is C9H11BrClNO4S. The Hall–Kier alpha value is -0.530. The molecule has 8 heteroatoms. The number of halogens is 2. The van der Waals surface area contributed by atoms with E-state index in [1.165, 1.54) is 0 Å². The van der Waals surface area contributed by atoms with Crippen molar-refractivity contribution in [2.75, 3.05) is 0 Å². The average Bonchev–Trinajstić information content (AvgIpc) is 2.42. The summed E-state index contributed by atoms with van der Waals surface area (Å²) >= 11 is 2.89. The fourth-order valence-corrected chi connectivity index (χ4v) is 3.07. The van der Waals surface area contributed by atoms with E-state index in [4.69, 9.17) is 15.1 Å². The Balaban J connectivity index is 3.07. The first-order valence-electron chi connectivity index (χ1n) is 4.57. The molecule has 1 aromatic rings. The van der Waals surface area contributed by atoms with E-state index in [1.807, 2.05) is 0 Å². The number of carbonyl (C=O) groups is 1. The Kier molecular flexibility index (Phi) is 3.95. The summed E-state index contributed by atoms with van der Waals surface area (Å²) in [5.74, 6) is -0.629. The zero-order valence-corrected chi connectivity index (χ0v) is 12.5. The predicted octanol–water partition coefficient (Wildman–Crippen LogP) is 2.50. The van der Waals surface area contributed by atoms with Crippen molar-refractivity contribution < 1.29 is 17.6 Å². The van der Waals surface area contributed by atoms with Gasteiger partial charge < -0.3 is 9.73 Å². The Morgan fingerprint density at radius 2 is 2.00 bits per heavy atom. The summed E-state index contributed by atoms with van der Waals surface area (Å²) in [6, 6.07) is 1.08. The Morgan fingerprint density at radius 3 is 2.35 bits per heavy atom. The van der Waals surface area contributed by atoms with Crippen LogP contribution in [0.2, 0.25) is 0 Å². The summed E-state index contributed by atoms with van der Waals surface area (Å²) in [5.41, 5.74) is -0.448. The van der Waals surface area contributed by atoms with Crippen LogP contribution >= 0.6 is 26.6 Å². The molecule has 1 rings (SSSR count). The van der Waals surface area contributed by atoms with E-state index < -0.39 is 20.5 Å². The van der Waals surface area contributed by atoms with Gasteiger partial charge in [-0.05, 0) is 36.7 Å². The van der Waals surface area contributed by atoms with Crippen LogP contribution in [-0.4, -0.2) is 19.9 Å². The fraction of sp³-hybridized carbons (Fsp3) is 0.444. The predicted molar refractivity (Wildman–Crippen MR) is 66.7 cm³/mol. The van der Waals surface area contributed by atoms with Gasteiger partial charge in [0.05, 0.1) is 0 Å². The van der Waals surface area contributed by atoms with Gasteiger partial charge in [0, 0.05) is 22.3 Å². The van der Waals surface area contributed by atoms with Crippen molar-refractivity contribution in [1.29, 1.82) is 0 Å². The van der Waals surface area contributed by atoms with Crippen LogP contribution < -0.4 is 5.32 Å². The standard InChI is InChI=1S/C9H11BrClNO4S/c1-9(2,3)12-8(13)5-4-6(7(10)16-5)17(11,14)15/h4H,1-3H3,(H,12,13). The average molecular weight is 345 g/mol. The highest BCUT2D eigenvalue weighted by atomic mass is 79.9. The van der Waals surface area contributed by atoms with Crippen molar-refractivity contribution in [3.05, 3.63) is 16.5 Å². The van der Waals surface area contributed by atoms with Gasteiger partial charge in [0.1, 0.15) is 4.90 Å². The summed E-state index contributed by atoms with van der Waals surface area (Å²) in [7, 11) is 1.23. The number of furan rings is 1. The van der Waals surface area contributed by atoms with Crippen LogP contribution in [0.5, 0.6) is 0 Å². The van der Waals surface area contributed by atoms with Gasteiger partial charge in [-0.1, -0.05) is 0 Å². The molecule has 0 unspecified atom stereocenters. The highest BCUT2D eigenvalue weighted by Gasteiger charge is 2.25. The lowest BCUT2D eigenvalue weighted by Gasteiger charge is -2.19. The zero-order valence-electron chi connectivity index (χ0n) is 9.37. The molecule has 0 spiro atoms. The van der Waals surface area contributed by atoms with Crippen molar-refractivity contribution in [1.82, 2.24) is 5.32 Å². The van der Waals surface area contributed by atoms with Gasteiger partial charge >= 0.3 is 0 Å². The molecule has 1 aromatic heterocycles. The van der Waals surface area contributed by atoms with Crippen molar-refractivity contribution in [2.45, 2.75) is 31.2 Å². The van der Waals surface area contributed by atoms with E-state index in [0.29, 0.717) is 0 Å². The summed E-state index contributed by atoms with van der Waals surface area (Å²) in [6.07, 6.45) is 0. The maximum absolute atomic E-state index is 11.7. The molecule has 0 bridgehead atoms. The van der Waals surface area contributed by atoms with E-state index in [2.05, 4.69) is 21.2 Å². The van der Waals surface area contributed by atoms with Crippen molar-refractivity contribution in [3.8, 4) is 0 Å². The molecule has 17 heavy (non-hydrogen) atoms. The first kappa shape index (κ1) is 14.5. The second kappa shape index (κ2) is 4.62. The molecule has 5 nitrogen and oxygen atoms in total. The molecule has 0 aliphatic heterocycles. The minimum Gasteiger partial charge on any atom is -0.443 e. The molecule has 96 valence electrons. The molecule has 0 atom stereocenters. The number of nitrogens with one attached hydrogen (secondary N) is 1. The molecule has 1 N–H and O–H groups in total. The summed E-state index contributed by atoms with van der Waals surface area (Å²) in [4.78, 5) is 11.4. The normalized spacial score (nSPS) is 12.5. The number of amides is 1. The van der Waals surface area contributed by atoms with Gasteiger partial charge in [-0.3, -0.25) is 4.79 Å². The van der Waals surface area contributed by atoms with Gasteiger partial charge in [0.15, 0.2) is 10.4 Å². The number of hydrogen-bond donors (Lipinski definition) is 1. The Bertz CT molecular complexity index is 544. The number of hydrogen-bond acceptors (Lipinski definition) is 4. The molecule has 0 aliphatic rings. The van der Waals surface area contributed by atoms with Crippen LogP contribution in [0.1, 0.15) is 31.3 Å². The third kappa shape index (κ3) is 4.01. The number of carbonyl (C=O) groups excluding carboxylic acids is 1. The minimum absolute atomic E-state index is 0.0911. The van der Waals surface area contributed by atoms with E-state index >= 15 is 0 Å². The summed E-state index contributed by atoms with van der Waals surface area (Å²) < 4.78 is 27.1. The number of rotatable bonds is 2. The lowest BCUT2D eigenvalue weighted by molar-refractivity contribution is 0.0890. The van der Waals surface area contributed by atoms with Crippen LogP contribution in [0.3, 0.4) is 0 Å². The molecule has 1 heterocycles. The summed E-state index contributed by atoms with van der Waals surface area (Å²) in [5, 5.41) is 2.64. The molecule has 0 aliphatic carbocycles. The lowest BCUT2D eigenvalue weighted by atomic mass is 10.1. The third-order valence-corrected chi connectivity index (χ3v) is 3.81. The van der Waals surface area contributed by atoms with Gasteiger partial charge in [-0.15, -0.1) is 0 Å². The second-order valence-corrected chi connectivity index (χ2v) is 7.65. The molecular weight excluding hydrogens is 334 g/mol. The molecule has 0 aromatic carbocycles. The Morgan fingerprint density at radius 1 is 1.47 bits per heavy atom. The maximum Gasteiger partial charge on any atom is 0.287 e. The first-order valence-corrected chi connectivity index (χ1v) is 7.67. The first-order chi connectivity index (χ1) is 7.50. The molecule has 1 amide bonds. The topological polar surface area (TPSA) is 76.4 Å².